The number of thioether (sulfide) groups is 1. The van der Waals surface area contributed by atoms with Crippen LogP contribution in [0, 0.1) is 0 Å². The quantitative estimate of drug-likeness (QED) is 0.861. The Hall–Kier alpha value is -1.00. The summed E-state index contributed by atoms with van der Waals surface area (Å²) < 4.78 is 0. The second-order valence-electron chi connectivity index (χ2n) is 4.67. The van der Waals surface area contributed by atoms with Gasteiger partial charge in [0.2, 0.25) is 5.91 Å². The zero-order valence-electron chi connectivity index (χ0n) is 9.76. The molecule has 2 rings (SSSR count). The van der Waals surface area contributed by atoms with E-state index in [1.165, 1.54) is 4.90 Å². The maximum atomic E-state index is 11.4. The molecule has 3 nitrogen and oxygen atoms in total. The van der Waals surface area contributed by atoms with Gasteiger partial charge >= 0.3 is 0 Å². The van der Waals surface area contributed by atoms with E-state index in [1.807, 2.05) is 18.2 Å². The first-order valence-corrected chi connectivity index (χ1v) is 6.79. The van der Waals surface area contributed by atoms with Crippen molar-refractivity contribution in [2.45, 2.75) is 41.4 Å². The molecule has 0 aromatic heterocycles. The summed E-state index contributed by atoms with van der Waals surface area (Å²) in [4.78, 5) is 12.6. The monoisotopic (exact) mass is 250 g/mol. The van der Waals surface area contributed by atoms with Crippen LogP contribution in [-0.4, -0.2) is 16.7 Å². The molecule has 1 aromatic rings. The minimum absolute atomic E-state index is 0.365. The van der Waals surface area contributed by atoms with Gasteiger partial charge in [-0.05, 0) is 37.8 Å². The summed E-state index contributed by atoms with van der Waals surface area (Å²) in [6, 6.07) is 10.2. The highest BCUT2D eigenvalue weighted by Crippen LogP contribution is 2.36. The van der Waals surface area contributed by atoms with Gasteiger partial charge in [-0.3, -0.25) is 4.79 Å². The first-order valence-electron chi connectivity index (χ1n) is 5.91. The maximum Gasteiger partial charge on any atom is 0.237 e. The topological polar surface area (TPSA) is 69.1 Å². The number of nitrogens with two attached hydrogens (primary N) is 2. The number of carbonyl (C=O) groups excluding carboxylic acids is 1. The van der Waals surface area contributed by atoms with Crippen molar-refractivity contribution < 1.29 is 4.79 Å². The van der Waals surface area contributed by atoms with Crippen LogP contribution in [0.5, 0.6) is 0 Å². The van der Waals surface area contributed by atoms with E-state index in [4.69, 9.17) is 11.5 Å². The van der Waals surface area contributed by atoms with Crippen molar-refractivity contribution in [2.75, 3.05) is 0 Å². The van der Waals surface area contributed by atoms with E-state index in [1.54, 1.807) is 11.8 Å². The molecule has 0 heterocycles. The number of hydrogen-bond donors (Lipinski definition) is 2. The molecule has 1 saturated carbocycles. The van der Waals surface area contributed by atoms with Gasteiger partial charge < -0.3 is 11.5 Å². The highest BCUT2D eigenvalue weighted by molar-refractivity contribution is 8.00. The molecular weight excluding hydrogens is 232 g/mol. The van der Waals surface area contributed by atoms with Gasteiger partial charge in [0.1, 0.15) is 0 Å². The van der Waals surface area contributed by atoms with Gasteiger partial charge in [-0.25, -0.2) is 0 Å². The molecule has 1 aliphatic rings. The van der Waals surface area contributed by atoms with Crippen LogP contribution in [0.3, 0.4) is 0 Å². The van der Waals surface area contributed by atoms with E-state index in [-0.39, 0.29) is 5.91 Å². The number of carbonyl (C=O) groups is 1. The van der Waals surface area contributed by atoms with Crippen LogP contribution < -0.4 is 11.5 Å². The molecule has 0 bridgehead atoms. The summed E-state index contributed by atoms with van der Waals surface area (Å²) in [5.41, 5.74) is 10.6. The number of hydrogen-bond acceptors (Lipinski definition) is 3. The minimum Gasteiger partial charge on any atom is -0.368 e. The molecule has 1 aromatic carbocycles. The smallest absolute Gasteiger partial charge is 0.237 e. The van der Waals surface area contributed by atoms with Crippen molar-refractivity contribution in [1.29, 1.82) is 0 Å². The summed E-state index contributed by atoms with van der Waals surface area (Å²) in [5, 5.41) is 0.392. The standard InChI is InChI=1S/C13H18N2OS/c14-12(16)13(15)8-4-7-11(9-13)17-10-5-2-1-3-6-10/h1-3,5-6,11H,4,7-9,15H2,(H2,14,16). The molecule has 0 spiro atoms. The Labute approximate surface area is 106 Å². The highest BCUT2D eigenvalue weighted by atomic mass is 32.2. The Balaban J connectivity index is 2.01. The van der Waals surface area contributed by atoms with Crippen LogP contribution in [0.15, 0.2) is 35.2 Å². The Kier molecular flexibility index (Phi) is 3.74. The molecular formula is C13H18N2OS. The number of benzene rings is 1. The average Bonchev–Trinajstić information content (AvgIpc) is 2.30. The van der Waals surface area contributed by atoms with Crippen LogP contribution in [-0.2, 0) is 4.79 Å². The third-order valence-corrected chi connectivity index (χ3v) is 4.56. The van der Waals surface area contributed by atoms with Gasteiger partial charge in [0, 0.05) is 10.1 Å². The fraction of sp³-hybridized carbons (Fsp3) is 0.462. The van der Waals surface area contributed by atoms with Gasteiger partial charge in [0.25, 0.3) is 0 Å². The van der Waals surface area contributed by atoms with Crippen LogP contribution >= 0.6 is 11.8 Å². The Bertz CT molecular complexity index is 396. The zero-order chi connectivity index (χ0) is 12.3. The summed E-state index contributed by atoms with van der Waals surface area (Å²) >= 11 is 1.80. The molecule has 2 atom stereocenters. The molecule has 0 radical (unpaired) electrons. The molecule has 1 amide bonds. The van der Waals surface area contributed by atoms with E-state index in [2.05, 4.69) is 12.1 Å². The van der Waals surface area contributed by atoms with Gasteiger partial charge in [-0.1, -0.05) is 18.2 Å². The minimum atomic E-state index is -0.801. The summed E-state index contributed by atoms with van der Waals surface area (Å²) in [7, 11) is 0. The molecule has 1 aliphatic carbocycles. The molecule has 4 heteroatoms. The van der Waals surface area contributed by atoms with Gasteiger partial charge in [-0.2, -0.15) is 0 Å². The van der Waals surface area contributed by atoms with Crippen LogP contribution in [0.2, 0.25) is 0 Å². The third kappa shape index (κ3) is 3.01. The lowest BCUT2D eigenvalue weighted by Crippen LogP contribution is -2.55. The predicted octanol–water partition coefficient (Wildman–Crippen LogP) is 1.90. The molecule has 17 heavy (non-hydrogen) atoms. The maximum absolute atomic E-state index is 11.4. The summed E-state index contributed by atoms with van der Waals surface area (Å²) in [5.74, 6) is -0.365. The molecule has 4 N–H and O–H groups in total. The normalized spacial score (nSPS) is 28.9. The fourth-order valence-electron chi connectivity index (χ4n) is 2.27. The van der Waals surface area contributed by atoms with Crippen molar-refractivity contribution in [3.8, 4) is 0 Å². The molecule has 0 aliphatic heterocycles. The average molecular weight is 250 g/mol. The van der Waals surface area contributed by atoms with Crippen molar-refractivity contribution in [1.82, 2.24) is 0 Å². The SMILES string of the molecule is NC(=O)C1(N)CCCC(Sc2ccccc2)C1. The van der Waals surface area contributed by atoms with E-state index in [9.17, 15) is 4.79 Å². The summed E-state index contributed by atoms with van der Waals surface area (Å²) in [6.45, 7) is 0. The number of primary amides is 1. The van der Waals surface area contributed by atoms with Gasteiger partial charge in [0.05, 0.1) is 5.54 Å². The van der Waals surface area contributed by atoms with E-state index < -0.39 is 5.54 Å². The third-order valence-electron chi connectivity index (χ3n) is 3.28. The van der Waals surface area contributed by atoms with Gasteiger partial charge in [-0.15, -0.1) is 11.8 Å². The fourth-order valence-corrected chi connectivity index (χ4v) is 3.64. The Morgan fingerprint density at radius 1 is 1.35 bits per heavy atom. The summed E-state index contributed by atoms with van der Waals surface area (Å²) in [6.07, 6.45) is 3.48. The predicted molar refractivity (Wildman–Crippen MR) is 70.7 cm³/mol. The van der Waals surface area contributed by atoms with Crippen LogP contribution in [0.1, 0.15) is 25.7 Å². The second-order valence-corrected chi connectivity index (χ2v) is 6.04. The first kappa shape index (κ1) is 12.5. The molecule has 2 unspecified atom stereocenters. The Morgan fingerprint density at radius 2 is 2.06 bits per heavy atom. The van der Waals surface area contributed by atoms with Crippen molar-refractivity contribution >= 4 is 17.7 Å². The second kappa shape index (κ2) is 5.10. The number of rotatable bonds is 3. The lowest BCUT2D eigenvalue weighted by Gasteiger charge is -2.35. The lowest BCUT2D eigenvalue weighted by atomic mass is 9.82. The van der Waals surface area contributed by atoms with Crippen molar-refractivity contribution in [3.63, 3.8) is 0 Å². The van der Waals surface area contributed by atoms with E-state index >= 15 is 0 Å². The number of amides is 1. The van der Waals surface area contributed by atoms with Gasteiger partial charge in [0.15, 0.2) is 0 Å². The first-order chi connectivity index (χ1) is 8.10. The Morgan fingerprint density at radius 3 is 2.71 bits per heavy atom. The van der Waals surface area contributed by atoms with Crippen LogP contribution in [0.25, 0.3) is 0 Å². The molecule has 1 fully saturated rings. The molecule has 92 valence electrons. The van der Waals surface area contributed by atoms with E-state index in [0.29, 0.717) is 18.1 Å². The van der Waals surface area contributed by atoms with E-state index in [0.717, 1.165) is 12.8 Å². The highest BCUT2D eigenvalue weighted by Gasteiger charge is 2.37. The molecule has 0 saturated heterocycles. The lowest BCUT2D eigenvalue weighted by molar-refractivity contribution is -0.124. The van der Waals surface area contributed by atoms with Crippen LogP contribution in [0.4, 0.5) is 0 Å². The van der Waals surface area contributed by atoms with Crippen molar-refractivity contribution in [2.24, 2.45) is 11.5 Å². The van der Waals surface area contributed by atoms with Crippen molar-refractivity contribution in [3.05, 3.63) is 30.3 Å². The zero-order valence-corrected chi connectivity index (χ0v) is 10.6. The largest absolute Gasteiger partial charge is 0.368 e.